The first-order valence-corrected chi connectivity index (χ1v) is 10.0. The number of ether oxygens (including phenoxy) is 1. The zero-order valence-corrected chi connectivity index (χ0v) is 17.2. The van der Waals surface area contributed by atoms with E-state index in [1.165, 1.54) is 18.9 Å². The monoisotopic (exact) mass is 449 g/mol. The Morgan fingerprint density at radius 3 is 2.52 bits per heavy atom. The van der Waals surface area contributed by atoms with Crippen molar-refractivity contribution in [3.05, 3.63) is 22.9 Å². The number of carbonyl (C=O) groups is 2. The molecule has 1 aliphatic heterocycles. The summed E-state index contributed by atoms with van der Waals surface area (Å²) in [5.41, 5.74) is -1.64. The second-order valence-electron chi connectivity index (χ2n) is 8.05. The molecule has 0 aromatic carbocycles. The molecule has 172 valence electrons. The molecule has 1 aromatic rings. The van der Waals surface area contributed by atoms with E-state index in [1.54, 1.807) is 0 Å². The van der Waals surface area contributed by atoms with E-state index in [4.69, 9.17) is 0 Å². The molecule has 0 atom stereocenters. The third-order valence-corrected chi connectivity index (χ3v) is 5.88. The largest absolute Gasteiger partial charge is 0.469 e. The molecule has 0 bridgehead atoms. The van der Waals surface area contributed by atoms with Gasteiger partial charge in [0.2, 0.25) is 5.92 Å². The van der Waals surface area contributed by atoms with Crippen molar-refractivity contribution in [1.29, 1.82) is 0 Å². The number of aromatic nitrogens is 1. The molecule has 1 saturated heterocycles. The van der Waals surface area contributed by atoms with Gasteiger partial charge in [0.1, 0.15) is 5.82 Å². The fraction of sp³-hybridized carbons (Fsp3) is 0.650. The number of hydrogen-bond acceptors (Lipinski definition) is 5. The molecule has 1 saturated carbocycles. The van der Waals surface area contributed by atoms with Crippen LogP contribution in [0.5, 0.6) is 0 Å². The van der Waals surface area contributed by atoms with Gasteiger partial charge >= 0.3 is 12.1 Å². The number of methoxy groups -OCH3 is 1. The van der Waals surface area contributed by atoms with Gasteiger partial charge in [0, 0.05) is 38.2 Å². The van der Waals surface area contributed by atoms with Crippen molar-refractivity contribution in [2.24, 2.45) is 5.92 Å². The zero-order chi connectivity index (χ0) is 23.0. The van der Waals surface area contributed by atoms with Crippen LogP contribution in [0.15, 0.2) is 6.20 Å². The van der Waals surface area contributed by atoms with Gasteiger partial charge < -0.3 is 15.0 Å². The van der Waals surface area contributed by atoms with E-state index >= 15 is 0 Å². The van der Waals surface area contributed by atoms with Gasteiger partial charge in [0.15, 0.2) is 0 Å². The minimum absolute atomic E-state index is 0.0375. The van der Waals surface area contributed by atoms with Crippen molar-refractivity contribution < 1.29 is 36.3 Å². The SMILES string of the molecule is COC(=O)[C@H]1C[C@@H](NC(=O)c2c(N3CCCC(F)(F)CC3)ncc(C(F)(F)F)c2C)C1. The highest BCUT2D eigenvalue weighted by Gasteiger charge is 2.40. The van der Waals surface area contributed by atoms with Crippen LogP contribution in [0.4, 0.5) is 27.8 Å². The molecule has 2 aliphatic rings. The Hall–Kier alpha value is -2.46. The average molecular weight is 449 g/mol. The normalized spacial score (nSPS) is 23.5. The summed E-state index contributed by atoms with van der Waals surface area (Å²) < 4.78 is 72.4. The van der Waals surface area contributed by atoms with Gasteiger partial charge in [0.05, 0.1) is 24.2 Å². The quantitative estimate of drug-likeness (QED) is 0.561. The summed E-state index contributed by atoms with van der Waals surface area (Å²) >= 11 is 0. The molecular weight excluding hydrogens is 425 g/mol. The summed E-state index contributed by atoms with van der Waals surface area (Å²) in [4.78, 5) is 29.8. The van der Waals surface area contributed by atoms with E-state index in [1.807, 2.05) is 0 Å². The summed E-state index contributed by atoms with van der Waals surface area (Å²) in [6.07, 6.45) is -4.13. The minimum Gasteiger partial charge on any atom is -0.469 e. The lowest BCUT2D eigenvalue weighted by Crippen LogP contribution is -2.47. The number of nitrogens with zero attached hydrogens (tertiary/aromatic N) is 2. The molecule has 0 spiro atoms. The molecule has 0 radical (unpaired) electrons. The maximum absolute atomic E-state index is 13.8. The Balaban J connectivity index is 1.89. The first-order chi connectivity index (χ1) is 14.4. The van der Waals surface area contributed by atoms with Crippen LogP contribution in [-0.2, 0) is 15.7 Å². The Kier molecular flexibility index (Phi) is 6.43. The van der Waals surface area contributed by atoms with Crippen molar-refractivity contribution in [1.82, 2.24) is 10.3 Å². The lowest BCUT2D eigenvalue weighted by molar-refractivity contribution is -0.149. The predicted molar refractivity (Wildman–Crippen MR) is 101 cm³/mol. The van der Waals surface area contributed by atoms with Gasteiger partial charge in [-0.3, -0.25) is 9.59 Å². The van der Waals surface area contributed by atoms with Crippen LogP contribution in [0, 0.1) is 12.8 Å². The number of carbonyl (C=O) groups excluding carboxylic acids is 2. The highest BCUT2D eigenvalue weighted by Crippen LogP contribution is 2.37. The van der Waals surface area contributed by atoms with Crippen LogP contribution < -0.4 is 10.2 Å². The van der Waals surface area contributed by atoms with E-state index in [-0.39, 0.29) is 48.8 Å². The topological polar surface area (TPSA) is 71.5 Å². The van der Waals surface area contributed by atoms with Gasteiger partial charge in [-0.05, 0) is 31.7 Å². The number of rotatable bonds is 4. The fourth-order valence-electron chi connectivity index (χ4n) is 4.01. The Labute approximate surface area is 176 Å². The van der Waals surface area contributed by atoms with Crippen LogP contribution in [-0.4, -0.2) is 49.0 Å². The fourth-order valence-corrected chi connectivity index (χ4v) is 4.01. The number of hydrogen-bond donors (Lipinski definition) is 1. The van der Waals surface area contributed by atoms with Crippen molar-refractivity contribution in [3.63, 3.8) is 0 Å². The number of nitrogens with one attached hydrogen (secondary N) is 1. The van der Waals surface area contributed by atoms with Gasteiger partial charge in [-0.15, -0.1) is 0 Å². The maximum atomic E-state index is 13.8. The molecule has 3 rings (SSSR count). The predicted octanol–water partition coefficient (Wildman–Crippen LogP) is 3.72. The van der Waals surface area contributed by atoms with Crippen LogP contribution in [0.1, 0.15) is 53.6 Å². The summed E-state index contributed by atoms with van der Waals surface area (Å²) in [5, 5.41) is 2.64. The van der Waals surface area contributed by atoms with E-state index in [2.05, 4.69) is 15.0 Å². The molecule has 11 heteroatoms. The van der Waals surface area contributed by atoms with E-state index in [0.717, 1.165) is 0 Å². The zero-order valence-electron chi connectivity index (χ0n) is 17.2. The van der Waals surface area contributed by atoms with Crippen molar-refractivity contribution in [2.75, 3.05) is 25.1 Å². The summed E-state index contributed by atoms with van der Waals surface area (Å²) in [5.74, 6) is -4.45. The van der Waals surface area contributed by atoms with Crippen molar-refractivity contribution in [2.45, 2.75) is 57.2 Å². The molecular formula is C20H24F5N3O3. The Morgan fingerprint density at radius 1 is 1.23 bits per heavy atom. The van der Waals surface area contributed by atoms with Gasteiger partial charge in [0.25, 0.3) is 5.91 Å². The van der Waals surface area contributed by atoms with Gasteiger partial charge in [-0.1, -0.05) is 0 Å². The van der Waals surface area contributed by atoms with Gasteiger partial charge in [-0.2, -0.15) is 13.2 Å². The van der Waals surface area contributed by atoms with Crippen molar-refractivity contribution in [3.8, 4) is 0 Å². The Bertz CT molecular complexity index is 853. The summed E-state index contributed by atoms with van der Waals surface area (Å²) in [7, 11) is 1.25. The van der Waals surface area contributed by atoms with Crippen LogP contribution in [0.25, 0.3) is 0 Å². The number of amides is 1. The van der Waals surface area contributed by atoms with E-state index in [9.17, 15) is 31.5 Å². The lowest BCUT2D eigenvalue weighted by Gasteiger charge is -2.34. The number of anilines is 1. The molecule has 1 aromatic heterocycles. The third kappa shape index (κ3) is 5.07. The summed E-state index contributed by atoms with van der Waals surface area (Å²) in [6, 6.07) is -0.396. The highest BCUT2D eigenvalue weighted by molar-refractivity contribution is 6.01. The standard InChI is InChI=1S/C20H24F5N3O3/c1-11-14(20(23,24)25)10-26-16(28-6-3-4-19(21,22)5-7-28)15(11)17(29)27-13-8-12(9-13)18(30)31-2/h10,12-13H,3-9H2,1-2H3,(H,27,29)/t12-,13+. The van der Waals surface area contributed by atoms with Crippen LogP contribution >= 0.6 is 0 Å². The molecule has 1 N–H and O–H groups in total. The number of esters is 1. The third-order valence-electron chi connectivity index (χ3n) is 5.88. The maximum Gasteiger partial charge on any atom is 0.418 e. The van der Waals surface area contributed by atoms with Crippen LogP contribution in [0.2, 0.25) is 0 Å². The minimum atomic E-state index is -4.72. The summed E-state index contributed by atoms with van der Waals surface area (Å²) in [6.45, 7) is 1.20. The van der Waals surface area contributed by atoms with E-state index in [0.29, 0.717) is 19.0 Å². The van der Waals surface area contributed by atoms with Crippen molar-refractivity contribution >= 4 is 17.7 Å². The molecule has 31 heavy (non-hydrogen) atoms. The molecule has 0 unspecified atom stereocenters. The molecule has 6 nitrogen and oxygen atoms in total. The number of pyridine rings is 1. The first-order valence-electron chi connectivity index (χ1n) is 10.0. The van der Waals surface area contributed by atoms with Gasteiger partial charge in [-0.25, -0.2) is 13.8 Å². The molecule has 1 amide bonds. The second-order valence-corrected chi connectivity index (χ2v) is 8.05. The van der Waals surface area contributed by atoms with Crippen LogP contribution in [0.3, 0.4) is 0 Å². The smallest absolute Gasteiger partial charge is 0.418 e. The molecule has 2 fully saturated rings. The highest BCUT2D eigenvalue weighted by atomic mass is 19.4. The lowest BCUT2D eigenvalue weighted by atomic mass is 9.80. The second kappa shape index (κ2) is 8.58. The van der Waals surface area contributed by atoms with E-state index < -0.39 is 42.0 Å². The Morgan fingerprint density at radius 2 is 1.90 bits per heavy atom. The molecule has 2 heterocycles. The average Bonchev–Trinajstić information content (AvgIpc) is 2.82. The number of halogens is 5. The first kappa shape index (κ1) is 23.2. The molecule has 1 aliphatic carbocycles. The number of alkyl halides is 5.